The van der Waals surface area contributed by atoms with Gasteiger partial charge in [-0.2, -0.15) is 23.3 Å². The third-order valence-electron chi connectivity index (χ3n) is 4.93. The van der Waals surface area contributed by atoms with Crippen LogP contribution in [0.25, 0.3) is 22.3 Å². The van der Waals surface area contributed by atoms with Crippen LogP contribution in [0.2, 0.25) is 0 Å². The van der Waals surface area contributed by atoms with E-state index in [0.717, 1.165) is 0 Å². The Morgan fingerprint density at radius 3 is 2.68 bits per heavy atom. The van der Waals surface area contributed by atoms with Crippen molar-refractivity contribution >= 4 is 17.0 Å². The summed E-state index contributed by atoms with van der Waals surface area (Å²) in [6.07, 6.45) is -4.32. The van der Waals surface area contributed by atoms with Crippen molar-refractivity contribution in [2.24, 2.45) is 7.05 Å². The van der Waals surface area contributed by atoms with Crippen LogP contribution in [-0.2, 0) is 18.0 Å². The van der Waals surface area contributed by atoms with Crippen LogP contribution in [0, 0.1) is 11.6 Å². The number of ether oxygens (including phenoxy) is 1. The van der Waals surface area contributed by atoms with Gasteiger partial charge in [0.15, 0.2) is 23.0 Å². The maximum atomic E-state index is 14.5. The molecule has 31 heavy (non-hydrogen) atoms. The van der Waals surface area contributed by atoms with Gasteiger partial charge < -0.3 is 19.8 Å². The molecule has 8 nitrogen and oxygen atoms in total. The Balaban J connectivity index is 1.83. The second-order valence-electron chi connectivity index (χ2n) is 6.95. The minimum Gasteiger partial charge on any atom is -0.503 e. The lowest BCUT2D eigenvalue weighted by Gasteiger charge is -2.31. The molecule has 13 heteroatoms. The molecular weight excluding hydrogens is 429 g/mol. The summed E-state index contributed by atoms with van der Waals surface area (Å²) >= 11 is 0. The molecule has 1 fully saturated rings. The zero-order chi connectivity index (χ0) is 22.5. The quantitative estimate of drug-likeness (QED) is 0.597. The van der Waals surface area contributed by atoms with Crippen LogP contribution in [-0.4, -0.2) is 62.4 Å². The standard InChI is InChI=1S/C18H16F5N5O3/c1-27-16-10(5-24-17(25-16)28-2-3-31-8(6-28)7-29)14(26-27)9-4-11(18(21,22)23)13(20)15(30)12(9)19/h4-5,8,29-30H,2-3,6-7H2,1H3. The van der Waals surface area contributed by atoms with Gasteiger partial charge in [-0.15, -0.1) is 0 Å². The van der Waals surface area contributed by atoms with Crippen molar-refractivity contribution in [2.75, 3.05) is 31.2 Å². The van der Waals surface area contributed by atoms with Crippen molar-refractivity contribution in [3.8, 4) is 17.0 Å². The Kier molecular flexibility index (Phi) is 5.17. The van der Waals surface area contributed by atoms with Gasteiger partial charge in [-0.05, 0) is 6.07 Å². The average molecular weight is 445 g/mol. The highest BCUT2D eigenvalue weighted by Gasteiger charge is 2.38. The van der Waals surface area contributed by atoms with Gasteiger partial charge in [-0.3, -0.25) is 0 Å². The monoisotopic (exact) mass is 445 g/mol. The van der Waals surface area contributed by atoms with Crippen molar-refractivity contribution in [1.29, 1.82) is 0 Å². The molecule has 166 valence electrons. The fraction of sp³-hybridized carbons (Fsp3) is 0.389. The number of aliphatic hydroxyl groups is 1. The van der Waals surface area contributed by atoms with E-state index in [1.165, 1.54) is 17.9 Å². The van der Waals surface area contributed by atoms with Gasteiger partial charge in [0.2, 0.25) is 5.95 Å². The molecule has 2 aromatic heterocycles. The fourth-order valence-corrected chi connectivity index (χ4v) is 3.39. The highest BCUT2D eigenvalue weighted by molar-refractivity contribution is 5.91. The summed E-state index contributed by atoms with van der Waals surface area (Å²) < 4.78 is 74.3. The lowest BCUT2D eigenvalue weighted by molar-refractivity contribution is -0.140. The molecular formula is C18H16F5N5O3. The van der Waals surface area contributed by atoms with Crippen molar-refractivity contribution in [1.82, 2.24) is 19.7 Å². The average Bonchev–Trinajstić information content (AvgIpc) is 3.07. The number of aromatic nitrogens is 4. The number of nitrogens with zero attached hydrogens (tertiary/aromatic N) is 5. The van der Waals surface area contributed by atoms with Gasteiger partial charge in [0, 0.05) is 31.9 Å². The summed E-state index contributed by atoms with van der Waals surface area (Å²) in [5.74, 6) is -5.15. The topological polar surface area (TPSA) is 96.5 Å². The summed E-state index contributed by atoms with van der Waals surface area (Å²) in [5.41, 5.74) is -2.65. The molecule has 0 spiro atoms. The van der Waals surface area contributed by atoms with Crippen molar-refractivity contribution in [3.05, 3.63) is 29.5 Å². The first-order valence-corrected chi connectivity index (χ1v) is 9.07. The number of phenols is 1. The number of anilines is 1. The van der Waals surface area contributed by atoms with Crippen molar-refractivity contribution < 1.29 is 36.9 Å². The molecule has 3 heterocycles. The molecule has 0 bridgehead atoms. The molecule has 4 rings (SSSR count). The Labute approximate surface area is 171 Å². The molecule has 3 aromatic rings. The van der Waals surface area contributed by atoms with E-state index in [2.05, 4.69) is 15.1 Å². The van der Waals surface area contributed by atoms with Crippen molar-refractivity contribution in [3.63, 3.8) is 0 Å². The first kappa shape index (κ1) is 21.2. The maximum Gasteiger partial charge on any atom is 0.419 e. The number of hydrogen-bond acceptors (Lipinski definition) is 7. The van der Waals surface area contributed by atoms with Crippen LogP contribution in [0.3, 0.4) is 0 Å². The number of aromatic hydroxyl groups is 1. The number of hydrogen-bond donors (Lipinski definition) is 2. The number of aryl methyl sites for hydroxylation is 1. The third kappa shape index (κ3) is 3.63. The largest absolute Gasteiger partial charge is 0.503 e. The van der Waals surface area contributed by atoms with Crippen LogP contribution in [0.15, 0.2) is 12.3 Å². The van der Waals surface area contributed by atoms with E-state index in [0.29, 0.717) is 19.7 Å². The number of fused-ring (bicyclic) bond motifs is 1. The molecule has 0 aliphatic carbocycles. The van der Waals surface area contributed by atoms with E-state index >= 15 is 0 Å². The maximum absolute atomic E-state index is 14.5. The normalized spacial score (nSPS) is 17.5. The van der Waals surface area contributed by atoms with E-state index < -0.39 is 40.8 Å². The van der Waals surface area contributed by atoms with Crippen LogP contribution < -0.4 is 4.90 Å². The summed E-state index contributed by atoms with van der Waals surface area (Å²) in [6, 6.07) is 0.258. The first-order chi connectivity index (χ1) is 14.6. The van der Waals surface area contributed by atoms with E-state index in [-0.39, 0.29) is 35.3 Å². The van der Waals surface area contributed by atoms with E-state index in [4.69, 9.17) is 4.74 Å². The Morgan fingerprint density at radius 2 is 2.00 bits per heavy atom. The van der Waals surface area contributed by atoms with Crippen molar-refractivity contribution in [2.45, 2.75) is 12.3 Å². The van der Waals surface area contributed by atoms with E-state index in [9.17, 15) is 32.2 Å². The number of rotatable bonds is 3. The Morgan fingerprint density at radius 1 is 1.26 bits per heavy atom. The van der Waals surface area contributed by atoms with Crippen LogP contribution in [0.4, 0.5) is 27.9 Å². The lowest BCUT2D eigenvalue weighted by atomic mass is 10.0. The van der Waals surface area contributed by atoms with Gasteiger partial charge in [-0.25, -0.2) is 18.4 Å². The number of aliphatic hydroxyl groups excluding tert-OH is 1. The van der Waals surface area contributed by atoms with Gasteiger partial charge in [-0.1, -0.05) is 0 Å². The number of benzene rings is 1. The molecule has 0 amide bonds. The fourth-order valence-electron chi connectivity index (χ4n) is 3.39. The number of halogens is 5. The SMILES string of the molecule is Cn1nc(-c2cc(C(F)(F)F)c(F)c(O)c2F)c2cnc(N3CCOC(CO)C3)nc21. The predicted octanol–water partition coefficient (Wildman–Crippen LogP) is 2.23. The summed E-state index contributed by atoms with van der Waals surface area (Å²) in [7, 11) is 1.45. The van der Waals surface area contributed by atoms with Gasteiger partial charge >= 0.3 is 6.18 Å². The number of morpholine rings is 1. The number of alkyl halides is 3. The molecule has 1 aliphatic heterocycles. The molecule has 1 unspecified atom stereocenters. The van der Waals surface area contributed by atoms with Gasteiger partial charge in [0.05, 0.1) is 30.3 Å². The number of phenolic OH excluding ortho intramolecular Hbond substituents is 1. The van der Waals surface area contributed by atoms with Crippen LogP contribution in [0.5, 0.6) is 5.75 Å². The zero-order valence-electron chi connectivity index (χ0n) is 16.0. The molecule has 1 aliphatic rings. The molecule has 0 saturated carbocycles. The Bertz CT molecular complexity index is 1150. The predicted molar refractivity (Wildman–Crippen MR) is 97.4 cm³/mol. The first-order valence-electron chi connectivity index (χ1n) is 9.07. The smallest absolute Gasteiger partial charge is 0.419 e. The molecule has 1 atom stereocenters. The third-order valence-corrected chi connectivity index (χ3v) is 4.93. The summed E-state index contributed by atoms with van der Waals surface area (Å²) in [4.78, 5) is 10.3. The molecule has 1 aromatic carbocycles. The minimum atomic E-state index is -5.15. The second-order valence-corrected chi connectivity index (χ2v) is 6.95. The Hall–Kier alpha value is -3.06. The lowest BCUT2D eigenvalue weighted by Crippen LogP contribution is -2.44. The molecule has 0 radical (unpaired) electrons. The summed E-state index contributed by atoms with van der Waals surface area (Å²) in [6.45, 7) is 0.914. The second kappa shape index (κ2) is 7.57. The highest BCUT2D eigenvalue weighted by atomic mass is 19.4. The van der Waals surface area contributed by atoms with E-state index in [1.807, 2.05) is 0 Å². The van der Waals surface area contributed by atoms with Gasteiger partial charge in [0.25, 0.3) is 0 Å². The summed E-state index contributed by atoms with van der Waals surface area (Å²) in [5, 5.41) is 23.0. The molecule has 2 N–H and O–H groups in total. The minimum absolute atomic E-state index is 0.108. The van der Waals surface area contributed by atoms with Gasteiger partial charge in [0.1, 0.15) is 5.69 Å². The van der Waals surface area contributed by atoms with Crippen LogP contribution in [0.1, 0.15) is 5.56 Å². The zero-order valence-corrected chi connectivity index (χ0v) is 16.0. The highest BCUT2D eigenvalue weighted by Crippen LogP contribution is 2.41. The molecule has 1 saturated heterocycles. The van der Waals surface area contributed by atoms with E-state index in [1.54, 1.807) is 4.90 Å². The van der Waals surface area contributed by atoms with Crippen LogP contribution >= 0.6 is 0 Å².